The number of rotatable bonds is 4. The molecule has 1 aliphatic carbocycles. The van der Waals surface area contributed by atoms with Crippen LogP contribution in [0.4, 0.5) is 0 Å². The Morgan fingerprint density at radius 3 is 2.86 bits per heavy atom. The molecule has 78 valence electrons. The molecule has 2 nitrogen and oxygen atoms in total. The van der Waals surface area contributed by atoms with E-state index < -0.39 is 0 Å². The molecular weight excluding hydrogens is 192 g/mol. The van der Waals surface area contributed by atoms with Gasteiger partial charge in [0.2, 0.25) is 0 Å². The highest BCUT2D eigenvalue weighted by Crippen LogP contribution is 2.33. The molecule has 3 heteroatoms. The zero-order chi connectivity index (χ0) is 9.80. The number of aromatic nitrogens is 1. The van der Waals surface area contributed by atoms with E-state index >= 15 is 0 Å². The maximum atomic E-state index is 5.85. The summed E-state index contributed by atoms with van der Waals surface area (Å²) in [7, 11) is 0. The summed E-state index contributed by atoms with van der Waals surface area (Å²) in [5.74, 6) is 1.57. The zero-order valence-electron chi connectivity index (χ0n) is 8.48. The fraction of sp³-hybridized carbons (Fsp3) is 0.727. The van der Waals surface area contributed by atoms with Crippen LogP contribution in [0.15, 0.2) is 11.7 Å². The van der Waals surface area contributed by atoms with E-state index in [0.29, 0.717) is 5.92 Å². The average Bonchev–Trinajstić information content (AvgIpc) is 2.86. The van der Waals surface area contributed by atoms with E-state index in [1.54, 1.807) is 11.3 Å². The molecule has 14 heavy (non-hydrogen) atoms. The third-order valence-electron chi connectivity index (χ3n) is 3.32. The van der Waals surface area contributed by atoms with Gasteiger partial charge in [0.25, 0.3) is 0 Å². The Bertz CT molecular complexity index is 252. The molecule has 0 radical (unpaired) electrons. The van der Waals surface area contributed by atoms with Crippen molar-refractivity contribution in [1.29, 1.82) is 0 Å². The summed E-state index contributed by atoms with van der Waals surface area (Å²) in [6.45, 7) is 0.836. The Kier molecular flexibility index (Phi) is 3.54. The first-order valence-electron chi connectivity index (χ1n) is 5.47. The van der Waals surface area contributed by atoms with Gasteiger partial charge in [-0.1, -0.05) is 25.7 Å². The fourth-order valence-electron chi connectivity index (χ4n) is 2.47. The Balaban J connectivity index is 1.92. The monoisotopic (exact) mass is 210 g/mol. The van der Waals surface area contributed by atoms with Gasteiger partial charge in [-0.25, -0.2) is 0 Å². The lowest BCUT2D eigenvalue weighted by atomic mass is 9.88. The molecule has 1 aromatic rings. The van der Waals surface area contributed by atoms with Crippen LogP contribution in [0.1, 0.15) is 30.6 Å². The number of thiazole rings is 1. The molecule has 1 aliphatic rings. The summed E-state index contributed by atoms with van der Waals surface area (Å²) in [5, 5.41) is 0. The predicted octanol–water partition coefficient (Wildman–Crippen LogP) is 2.45. The summed E-state index contributed by atoms with van der Waals surface area (Å²) in [6.07, 6.45) is 8.73. The van der Waals surface area contributed by atoms with Crippen molar-refractivity contribution in [2.24, 2.45) is 17.6 Å². The molecule has 0 spiro atoms. The molecule has 1 heterocycles. The highest BCUT2D eigenvalue weighted by molar-refractivity contribution is 7.09. The van der Waals surface area contributed by atoms with Gasteiger partial charge in [-0.05, 0) is 24.8 Å². The van der Waals surface area contributed by atoms with E-state index in [2.05, 4.69) is 4.98 Å². The van der Waals surface area contributed by atoms with Gasteiger partial charge < -0.3 is 5.73 Å². The number of hydrogen-bond donors (Lipinski definition) is 1. The first-order chi connectivity index (χ1) is 6.90. The van der Waals surface area contributed by atoms with Crippen molar-refractivity contribution < 1.29 is 0 Å². The van der Waals surface area contributed by atoms with Crippen LogP contribution in [-0.2, 0) is 6.42 Å². The lowest BCUT2D eigenvalue weighted by molar-refractivity contribution is 0.346. The lowest BCUT2D eigenvalue weighted by Gasteiger charge is -2.20. The first-order valence-corrected chi connectivity index (χ1v) is 6.35. The highest BCUT2D eigenvalue weighted by Gasteiger charge is 2.24. The van der Waals surface area contributed by atoms with E-state index in [1.165, 1.54) is 30.6 Å². The molecule has 1 saturated carbocycles. The maximum absolute atomic E-state index is 5.85. The van der Waals surface area contributed by atoms with Crippen LogP contribution in [-0.4, -0.2) is 11.5 Å². The summed E-state index contributed by atoms with van der Waals surface area (Å²) < 4.78 is 0. The van der Waals surface area contributed by atoms with Crippen LogP contribution in [0.3, 0.4) is 0 Å². The van der Waals surface area contributed by atoms with E-state index in [-0.39, 0.29) is 0 Å². The van der Waals surface area contributed by atoms with Crippen molar-refractivity contribution in [3.05, 3.63) is 16.6 Å². The van der Waals surface area contributed by atoms with Crippen molar-refractivity contribution in [3.8, 4) is 0 Å². The molecule has 0 aliphatic heterocycles. The van der Waals surface area contributed by atoms with Gasteiger partial charge >= 0.3 is 0 Å². The second-order valence-corrected chi connectivity index (χ2v) is 5.18. The lowest BCUT2D eigenvalue weighted by Crippen LogP contribution is -2.23. The predicted molar refractivity (Wildman–Crippen MR) is 60.3 cm³/mol. The van der Waals surface area contributed by atoms with Gasteiger partial charge in [0.05, 0.1) is 5.51 Å². The highest BCUT2D eigenvalue weighted by atomic mass is 32.1. The molecule has 1 unspecified atom stereocenters. The Morgan fingerprint density at radius 1 is 1.50 bits per heavy atom. The van der Waals surface area contributed by atoms with Crippen molar-refractivity contribution in [2.75, 3.05) is 6.54 Å². The van der Waals surface area contributed by atoms with Gasteiger partial charge in [-0.2, -0.15) is 0 Å². The van der Waals surface area contributed by atoms with E-state index in [1.807, 2.05) is 11.7 Å². The van der Waals surface area contributed by atoms with Crippen molar-refractivity contribution in [1.82, 2.24) is 4.98 Å². The molecule has 0 aromatic carbocycles. The average molecular weight is 210 g/mol. The van der Waals surface area contributed by atoms with Crippen molar-refractivity contribution >= 4 is 11.3 Å². The van der Waals surface area contributed by atoms with Crippen LogP contribution in [0.25, 0.3) is 0 Å². The minimum atomic E-state index is 0.693. The quantitative estimate of drug-likeness (QED) is 0.829. The normalized spacial score (nSPS) is 20.1. The second kappa shape index (κ2) is 4.89. The third kappa shape index (κ3) is 2.34. The summed E-state index contributed by atoms with van der Waals surface area (Å²) in [6, 6.07) is 0. The Hall–Kier alpha value is -0.410. The summed E-state index contributed by atoms with van der Waals surface area (Å²) >= 11 is 1.76. The minimum absolute atomic E-state index is 0.693. The molecule has 0 amide bonds. The first kappa shape index (κ1) is 10.1. The van der Waals surface area contributed by atoms with Crippen LogP contribution < -0.4 is 5.73 Å². The van der Waals surface area contributed by atoms with Gasteiger partial charge in [0, 0.05) is 11.1 Å². The van der Waals surface area contributed by atoms with Crippen molar-refractivity contribution in [2.45, 2.75) is 32.1 Å². The minimum Gasteiger partial charge on any atom is -0.330 e. The van der Waals surface area contributed by atoms with Gasteiger partial charge in [0.1, 0.15) is 0 Å². The Morgan fingerprint density at radius 2 is 2.29 bits per heavy atom. The van der Waals surface area contributed by atoms with Gasteiger partial charge in [-0.3, -0.25) is 4.98 Å². The van der Waals surface area contributed by atoms with Crippen LogP contribution in [0, 0.1) is 11.8 Å². The number of hydrogen-bond acceptors (Lipinski definition) is 3. The Labute approximate surface area is 89.5 Å². The van der Waals surface area contributed by atoms with Crippen LogP contribution in [0.5, 0.6) is 0 Å². The number of nitrogens with two attached hydrogens (primary N) is 1. The SMILES string of the molecule is NCC(Cc1cncs1)C1CCCC1. The van der Waals surface area contributed by atoms with Crippen molar-refractivity contribution in [3.63, 3.8) is 0 Å². The topological polar surface area (TPSA) is 38.9 Å². The largest absolute Gasteiger partial charge is 0.330 e. The van der Waals surface area contributed by atoms with Gasteiger partial charge in [-0.15, -0.1) is 11.3 Å². The molecule has 1 atom stereocenters. The van der Waals surface area contributed by atoms with E-state index in [9.17, 15) is 0 Å². The summed E-state index contributed by atoms with van der Waals surface area (Å²) in [5.41, 5.74) is 7.77. The maximum Gasteiger partial charge on any atom is 0.0794 e. The summed E-state index contributed by atoms with van der Waals surface area (Å²) in [4.78, 5) is 5.51. The fourth-order valence-corrected chi connectivity index (χ4v) is 3.16. The molecule has 2 rings (SSSR count). The molecule has 1 fully saturated rings. The molecule has 0 saturated heterocycles. The van der Waals surface area contributed by atoms with Gasteiger partial charge in [0.15, 0.2) is 0 Å². The van der Waals surface area contributed by atoms with Crippen LogP contribution >= 0.6 is 11.3 Å². The molecular formula is C11H18N2S. The van der Waals surface area contributed by atoms with Crippen LogP contribution in [0.2, 0.25) is 0 Å². The van der Waals surface area contributed by atoms with E-state index in [4.69, 9.17) is 5.73 Å². The smallest absolute Gasteiger partial charge is 0.0794 e. The standard InChI is InChI=1S/C11H18N2S/c12-6-10(9-3-1-2-4-9)5-11-7-13-8-14-11/h7-10H,1-6,12H2. The third-order valence-corrected chi connectivity index (χ3v) is 4.12. The molecule has 0 bridgehead atoms. The number of nitrogens with zero attached hydrogens (tertiary/aromatic N) is 1. The van der Waals surface area contributed by atoms with E-state index in [0.717, 1.165) is 18.9 Å². The second-order valence-electron chi connectivity index (χ2n) is 4.21. The molecule has 1 aromatic heterocycles. The zero-order valence-corrected chi connectivity index (χ0v) is 9.30. The molecule has 2 N–H and O–H groups in total.